The minimum absolute atomic E-state index is 0.00294. The number of likely N-dealkylation sites (tertiary alicyclic amines) is 1. The van der Waals surface area contributed by atoms with Gasteiger partial charge >= 0.3 is 18.2 Å². The van der Waals surface area contributed by atoms with E-state index in [1.807, 2.05) is 6.07 Å². The Hall–Kier alpha value is -4.19. The van der Waals surface area contributed by atoms with E-state index in [9.17, 15) is 19.5 Å². The molecule has 12 heteroatoms. The molecule has 2 aliphatic rings. The Morgan fingerprint density at radius 3 is 2.36 bits per heavy atom. The molecule has 4 atom stereocenters. The summed E-state index contributed by atoms with van der Waals surface area (Å²) < 4.78 is 28.7. The molecule has 2 aromatic rings. The van der Waals surface area contributed by atoms with Crippen molar-refractivity contribution in [3.63, 3.8) is 0 Å². The van der Waals surface area contributed by atoms with Crippen LogP contribution in [0.15, 0.2) is 49.1 Å². The molecule has 3 heterocycles. The zero-order valence-corrected chi connectivity index (χ0v) is 22.3. The number of esters is 1. The fourth-order valence-corrected chi connectivity index (χ4v) is 4.73. The molecule has 12 nitrogen and oxygen atoms in total. The molecule has 1 aromatic heterocycles. The van der Waals surface area contributed by atoms with Gasteiger partial charge in [0, 0.05) is 11.8 Å². The summed E-state index contributed by atoms with van der Waals surface area (Å²) in [6.45, 7) is 9.89. The van der Waals surface area contributed by atoms with E-state index in [-0.39, 0.29) is 36.1 Å². The van der Waals surface area contributed by atoms with Crippen molar-refractivity contribution in [2.24, 2.45) is 0 Å². The molecular formula is C27H33N3O9. The molecule has 0 bridgehead atoms. The van der Waals surface area contributed by atoms with Gasteiger partial charge in [0.15, 0.2) is 17.9 Å². The summed E-state index contributed by atoms with van der Waals surface area (Å²) in [6.07, 6.45) is -2.02. The largest absolute Gasteiger partial charge is 0.461 e. The van der Waals surface area contributed by atoms with E-state index in [2.05, 4.69) is 6.58 Å². The van der Waals surface area contributed by atoms with E-state index in [4.69, 9.17) is 29.4 Å². The van der Waals surface area contributed by atoms with E-state index >= 15 is 0 Å². The zero-order chi connectivity index (χ0) is 28.5. The molecule has 0 aliphatic carbocycles. The van der Waals surface area contributed by atoms with Crippen molar-refractivity contribution in [2.45, 2.75) is 64.2 Å². The predicted octanol–water partition coefficient (Wildman–Crippen LogP) is 3.34. The Bertz CT molecular complexity index is 1250. The molecule has 210 valence electrons. The topological polar surface area (TPSA) is 152 Å². The third-order valence-electron chi connectivity index (χ3n) is 6.26. The Kier molecular flexibility index (Phi) is 7.77. The number of aliphatic hydroxyl groups is 1. The lowest BCUT2D eigenvalue weighted by molar-refractivity contribution is -0.0142. The third kappa shape index (κ3) is 5.51. The number of carbonyl (C=O) groups is 3. The van der Waals surface area contributed by atoms with Gasteiger partial charge in [-0.1, -0.05) is 30.3 Å². The van der Waals surface area contributed by atoms with Gasteiger partial charge in [-0.05, 0) is 39.8 Å². The average Bonchev–Trinajstić information content (AvgIpc) is 3.50. The summed E-state index contributed by atoms with van der Waals surface area (Å²) in [6, 6.07) is 7.09. The van der Waals surface area contributed by atoms with Crippen LogP contribution < -0.4 is 5.73 Å². The smallest absolute Gasteiger partial charge is 0.419 e. The number of nitrogens with zero attached hydrogens (tertiary/aromatic N) is 2. The number of ether oxygens (including phenoxy) is 5. The van der Waals surface area contributed by atoms with Crippen LogP contribution >= 0.6 is 0 Å². The van der Waals surface area contributed by atoms with Gasteiger partial charge in [-0.2, -0.15) is 0 Å². The molecule has 1 aromatic carbocycles. The number of hydrogen-bond donors (Lipinski definition) is 2. The van der Waals surface area contributed by atoms with Crippen LogP contribution in [0.4, 0.5) is 15.3 Å². The van der Waals surface area contributed by atoms with Gasteiger partial charge in [-0.15, -0.1) is 0 Å². The highest BCUT2D eigenvalue weighted by molar-refractivity contribution is 5.98. The summed E-state index contributed by atoms with van der Waals surface area (Å²) >= 11 is 0. The number of hydrogen-bond acceptors (Lipinski definition) is 10. The average molecular weight is 544 g/mol. The van der Waals surface area contributed by atoms with Crippen LogP contribution in [0, 0.1) is 0 Å². The van der Waals surface area contributed by atoms with Crippen LogP contribution in [0.2, 0.25) is 0 Å². The van der Waals surface area contributed by atoms with Gasteiger partial charge in [0.1, 0.15) is 18.2 Å². The van der Waals surface area contributed by atoms with E-state index in [1.165, 1.54) is 11.1 Å². The standard InChI is InChI=1S/C27H33N3O9/c1-6-35-24(32)21-19(28)17(12-29(21)25(33)36-14-16-10-8-7-9-11-16)20-23-22(37-15(2)38-23)18(13-31)30(20)26(34)39-27(3,4)5/h7-12,18,20,22-23,31H,2,6,13-14,28H2,1,3-5H3. The fourth-order valence-electron chi connectivity index (χ4n) is 4.73. The van der Waals surface area contributed by atoms with Crippen molar-refractivity contribution in [3.8, 4) is 0 Å². The minimum atomic E-state index is -1.02. The van der Waals surface area contributed by atoms with Crippen molar-refractivity contribution >= 4 is 23.8 Å². The summed E-state index contributed by atoms with van der Waals surface area (Å²) in [5.74, 6) is -0.855. The van der Waals surface area contributed by atoms with Crippen LogP contribution in [0.3, 0.4) is 0 Å². The minimum Gasteiger partial charge on any atom is -0.461 e. The lowest BCUT2D eigenvalue weighted by atomic mass is 10.0. The second-order valence-electron chi connectivity index (χ2n) is 10.1. The lowest BCUT2D eigenvalue weighted by Gasteiger charge is -2.33. The van der Waals surface area contributed by atoms with E-state index in [1.54, 1.807) is 52.0 Å². The summed E-state index contributed by atoms with van der Waals surface area (Å²) in [7, 11) is 0. The number of rotatable bonds is 6. The first-order valence-corrected chi connectivity index (χ1v) is 12.5. The first-order chi connectivity index (χ1) is 18.5. The number of carbonyl (C=O) groups excluding carboxylic acids is 3. The Labute approximate surface area is 225 Å². The molecule has 0 radical (unpaired) electrons. The van der Waals surface area contributed by atoms with Crippen molar-refractivity contribution in [1.82, 2.24) is 9.47 Å². The number of aliphatic hydroxyl groups excluding tert-OH is 1. The van der Waals surface area contributed by atoms with Crippen molar-refractivity contribution in [3.05, 3.63) is 65.9 Å². The summed E-state index contributed by atoms with van der Waals surface area (Å²) in [5, 5.41) is 10.2. The van der Waals surface area contributed by atoms with Crippen molar-refractivity contribution < 1.29 is 43.2 Å². The molecular weight excluding hydrogens is 510 g/mol. The third-order valence-corrected chi connectivity index (χ3v) is 6.26. The molecule has 3 N–H and O–H groups in total. The van der Waals surface area contributed by atoms with E-state index in [0.717, 1.165) is 10.1 Å². The molecule has 2 aliphatic heterocycles. The molecule has 1 amide bonds. The predicted molar refractivity (Wildman–Crippen MR) is 137 cm³/mol. The van der Waals surface area contributed by atoms with Gasteiger partial charge in [0.05, 0.1) is 24.9 Å². The maximum absolute atomic E-state index is 13.4. The number of fused-ring (bicyclic) bond motifs is 1. The molecule has 0 spiro atoms. The summed E-state index contributed by atoms with van der Waals surface area (Å²) in [5.41, 5.74) is 6.13. The first kappa shape index (κ1) is 27.8. The van der Waals surface area contributed by atoms with Crippen LogP contribution in [0.25, 0.3) is 0 Å². The first-order valence-electron chi connectivity index (χ1n) is 12.5. The number of nitrogen functional groups attached to an aromatic ring is 1. The summed E-state index contributed by atoms with van der Waals surface area (Å²) in [4.78, 5) is 40.8. The number of aromatic nitrogens is 1. The van der Waals surface area contributed by atoms with Gasteiger partial charge < -0.3 is 34.5 Å². The highest BCUT2D eigenvalue weighted by atomic mass is 16.7. The second kappa shape index (κ2) is 10.9. The highest BCUT2D eigenvalue weighted by Crippen LogP contribution is 2.47. The van der Waals surface area contributed by atoms with Gasteiger partial charge in [-0.25, -0.2) is 19.0 Å². The normalized spacial score (nSPS) is 22.1. The van der Waals surface area contributed by atoms with Gasteiger partial charge in [0.2, 0.25) is 0 Å². The van der Waals surface area contributed by atoms with Crippen molar-refractivity contribution in [1.29, 1.82) is 0 Å². The van der Waals surface area contributed by atoms with E-state index in [0.29, 0.717) is 0 Å². The van der Waals surface area contributed by atoms with Crippen LogP contribution in [-0.2, 0) is 30.3 Å². The van der Waals surface area contributed by atoms with E-state index < -0.39 is 54.7 Å². The van der Waals surface area contributed by atoms with Crippen LogP contribution in [-0.4, -0.2) is 69.8 Å². The molecule has 2 fully saturated rings. The maximum atomic E-state index is 13.4. The number of nitrogens with two attached hydrogens (primary N) is 1. The Morgan fingerprint density at radius 2 is 1.74 bits per heavy atom. The second-order valence-corrected chi connectivity index (χ2v) is 10.1. The molecule has 2 saturated heterocycles. The Morgan fingerprint density at radius 1 is 1.08 bits per heavy atom. The molecule has 39 heavy (non-hydrogen) atoms. The van der Waals surface area contributed by atoms with Gasteiger partial charge in [-0.3, -0.25) is 4.90 Å². The van der Waals surface area contributed by atoms with Crippen LogP contribution in [0.1, 0.15) is 55.4 Å². The molecule has 4 rings (SSSR count). The molecule has 4 unspecified atom stereocenters. The Balaban J connectivity index is 1.78. The monoisotopic (exact) mass is 543 g/mol. The number of benzene rings is 1. The zero-order valence-electron chi connectivity index (χ0n) is 22.3. The lowest BCUT2D eigenvalue weighted by Crippen LogP contribution is -2.45. The number of amides is 1. The van der Waals surface area contributed by atoms with Crippen molar-refractivity contribution in [2.75, 3.05) is 18.9 Å². The number of anilines is 1. The fraction of sp³-hybridized carbons (Fsp3) is 0.444. The maximum Gasteiger partial charge on any atom is 0.419 e. The highest BCUT2D eigenvalue weighted by Gasteiger charge is 2.59. The van der Waals surface area contributed by atoms with Crippen LogP contribution in [0.5, 0.6) is 0 Å². The molecule has 0 saturated carbocycles. The van der Waals surface area contributed by atoms with Gasteiger partial charge in [0.25, 0.3) is 5.95 Å². The SMILES string of the molecule is C=C1OC2C(O1)C(c1cn(C(=O)OCc3ccccc3)c(C(=O)OCC)c1N)N(C(=O)OC(C)(C)C)C2CO. The quantitative estimate of drug-likeness (QED) is 0.410.